The number of anilines is 2. The molecule has 2 unspecified atom stereocenters. The lowest BCUT2D eigenvalue weighted by Crippen LogP contribution is -2.52. The number of amides is 3. The number of benzene rings is 2. The molecule has 9 heteroatoms. The second kappa shape index (κ2) is 12.6. The highest BCUT2D eigenvalue weighted by molar-refractivity contribution is 7.86. The Morgan fingerprint density at radius 2 is 1.69 bits per heavy atom. The predicted molar refractivity (Wildman–Crippen MR) is 136 cm³/mol. The van der Waals surface area contributed by atoms with E-state index in [1.807, 2.05) is 19.1 Å². The van der Waals surface area contributed by atoms with Gasteiger partial charge in [0, 0.05) is 22.5 Å². The number of nitrogens with zero attached hydrogens (tertiary/aromatic N) is 1. The van der Waals surface area contributed by atoms with Gasteiger partial charge in [-0.15, -0.1) is 0 Å². The van der Waals surface area contributed by atoms with E-state index in [4.69, 9.17) is 0 Å². The van der Waals surface area contributed by atoms with Gasteiger partial charge in [0.25, 0.3) is 0 Å². The van der Waals surface area contributed by atoms with Crippen molar-refractivity contribution in [3.63, 3.8) is 0 Å². The maximum absolute atomic E-state index is 14.6. The first-order chi connectivity index (χ1) is 16.7. The van der Waals surface area contributed by atoms with Crippen LogP contribution in [-0.2, 0) is 25.2 Å². The van der Waals surface area contributed by atoms with Gasteiger partial charge in [-0.3, -0.25) is 23.5 Å². The fourth-order valence-corrected chi connectivity index (χ4v) is 5.01. The van der Waals surface area contributed by atoms with Crippen LogP contribution in [0.25, 0.3) is 0 Å². The van der Waals surface area contributed by atoms with Crippen LogP contribution in [0, 0.1) is 12.7 Å². The van der Waals surface area contributed by atoms with Gasteiger partial charge < -0.3 is 10.6 Å². The highest BCUT2D eigenvalue weighted by Crippen LogP contribution is 2.23. The van der Waals surface area contributed by atoms with E-state index in [0.29, 0.717) is 5.69 Å². The van der Waals surface area contributed by atoms with Gasteiger partial charge in [-0.05, 0) is 51.0 Å². The number of para-hydroxylation sites is 1. The summed E-state index contributed by atoms with van der Waals surface area (Å²) in [6, 6.07) is 11.8. The van der Waals surface area contributed by atoms with Crippen LogP contribution >= 0.6 is 0 Å². The molecular formula is C26H32FN3O4S. The van der Waals surface area contributed by atoms with Gasteiger partial charge >= 0.3 is 0 Å². The van der Waals surface area contributed by atoms with Crippen molar-refractivity contribution in [2.75, 3.05) is 21.7 Å². The van der Waals surface area contributed by atoms with Crippen molar-refractivity contribution in [2.45, 2.75) is 58.0 Å². The molecule has 3 rings (SSSR count). The van der Waals surface area contributed by atoms with Crippen molar-refractivity contribution in [2.24, 2.45) is 0 Å². The number of carbonyl (C=O) groups is 3. The molecule has 2 atom stereocenters. The van der Waals surface area contributed by atoms with Crippen LogP contribution in [-0.4, -0.2) is 45.5 Å². The number of aryl methyl sites for hydroxylation is 1. The predicted octanol–water partition coefficient (Wildman–Crippen LogP) is 3.69. The Morgan fingerprint density at radius 3 is 2.34 bits per heavy atom. The minimum Gasteiger partial charge on any atom is -0.352 e. The largest absolute Gasteiger partial charge is 0.352 e. The molecule has 35 heavy (non-hydrogen) atoms. The maximum atomic E-state index is 14.6. The summed E-state index contributed by atoms with van der Waals surface area (Å²) in [5.74, 6) is -3.16. The summed E-state index contributed by atoms with van der Waals surface area (Å²) in [7, 11) is -1.85. The fourth-order valence-electron chi connectivity index (χ4n) is 4.13. The van der Waals surface area contributed by atoms with Gasteiger partial charge in [0.1, 0.15) is 23.4 Å². The molecule has 2 aromatic carbocycles. The summed E-state index contributed by atoms with van der Waals surface area (Å²) in [6.07, 6.45) is 4.92. The van der Waals surface area contributed by atoms with Crippen molar-refractivity contribution >= 4 is 39.9 Å². The smallest absolute Gasteiger partial charge is 0.243 e. The van der Waals surface area contributed by atoms with Crippen LogP contribution in [0.15, 0.2) is 48.5 Å². The molecule has 0 radical (unpaired) electrons. The summed E-state index contributed by atoms with van der Waals surface area (Å²) in [5, 5.41) is 5.61. The summed E-state index contributed by atoms with van der Waals surface area (Å²) in [4.78, 5) is 39.5. The van der Waals surface area contributed by atoms with Gasteiger partial charge in [-0.2, -0.15) is 0 Å². The third kappa shape index (κ3) is 7.71. The van der Waals surface area contributed by atoms with Crippen molar-refractivity contribution in [3.05, 3.63) is 59.9 Å². The second-order valence-electron chi connectivity index (χ2n) is 8.88. The first-order valence-corrected chi connectivity index (χ1v) is 13.3. The van der Waals surface area contributed by atoms with Crippen LogP contribution in [0.1, 0.15) is 44.6 Å². The SMILES string of the molecule is Cc1ccc(NC(=O)CS(=O)CC(=O)N(c2ccccc2F)C(C)C(=O)NC2CCCCC2)cc1. The van der Waals surface area contributed by atoms with Crippen molar-refractivity contribution < 1.29 is 23.0 Å². The first-order valence-electron chi connectivity index (χ1n) is 11.8. The molecule has 1 aliphatic carbocycles. The molecule has 3 amide bonds. The van der Waals surface area contributed by atoms with E-state index in [2.05, 4.69) is 10.6 Å². The Bertz CT molecular complexity index is 1070. The van der Waals surface area contributed by atoms with E-state index in [-0.39, 0.29) is 11.7 Å². The van der Waals surface area contributed by atoms with Gasteiger partial charge in [-0.25, -0.2) is 4.39 Å². The third-order valence-electron chi connectivity index (χ3n) is 6.01. The Kier molecular flexibility index (Phi) is 9.54. The second-order valence-corrected chi connectivity index (χ2v) is 10.3. The van der Waals surface area contributed by atoms with Crippen LogP contribution < -0.4 is 15.5 Å². The minimum atomic E-state index is -1.85. The molecule has 1 fully saturated rings. The summed E-state index contributed by atoms with van der Waals surface area (Å²) in [6.45, 7) is 3.44. The molecule has 0 heterocycles. The zero-order chi connectivity index (χ0) is 25.4. The molecule has 7 nitrogen and oxygen atoms in total. The monoisotopic (exact) mass is 501 g/mol. The Hall–Kier alpha value is -3.07. The number of halogens is 1. The Morgan fingerprint density at radius 1 is 1.03 bits per heavy atom. The normalized spacial score (nSPS) is 15.6. The van der Waals surface area contributed by atoms with Gasteiger partial charge in [0.15, 0.2) is 0 Å². The van der Waals surface area contributed by atoms with E-state index in [1.54, 1.807) is 18.2 Å². The molecule has 1 saturated carbocycles. The topological polar surface area (TPSA) is 95.6 Å². The van der Waals surface area contributed by atoms with E-state index in [1.165, 1.54) is 25.1 Å². The third-order valence-corrected chi connectivity index (χ3v) is 7.16. The molecule has 0 bridgehead atoms. The summed E-state index contributed by atoms with van der Waals surface area (Å²) >= 11 is 0. The van der Waals surface area contributed by atoms with E-state index in [9.17, 15) is 23.0 Å². The lowest BCUT2D eigenvalue weighted by atomic mass is 9.95. The molecule has 0 spiro atoms. The number of hydrogen-bond acceptors (Lipinski definition) is 4. The molecule has 188 valence electrons. The molecular weight excluding hydrogens is 469 g/mol. The molecule has 0 saturated heterocycles. The number of carbonyl (C=O) groups excluding carboxylic acids is 3. The fraction of sp³-hybridized carbons (Fsp3) is 0.423. The van der Waals surface area contributed by atoms with Gasteiger partial charge in [-0.1, -0.05) is 49.1 Å². The van der Waals surface area contributed by atoms with Gasteiger partial charge in [0.05, 0.1) is 5.69 Å². The maximum Gasteiger partial charge on any atom is 0.243 e. The molecule has 2 aromatic rings. The lowest BCUT2D eigenvalue weighted by Gasteiger charge is -2.31. The van der Waals surface area contributed by atoms with Crippen molar-refractivity contribution in [3.8, 4) is 0 Å². The Labute approximate surface area is 207 Å². The summed E-state index contributed by atoms with van der Waals surface area (Å²) < 4.78 is 27.3. The average molecular weight is 502 g/mol. The minimum absolute atomic E-state index is 0.0240. The van der Waals surface area contributed by atoms with E-state index >= 15 is 0 Å². The highest BCUT2D eigenvalue weighted by atomic mass is 32.2. The highest BCUT2D eigenvalue weighted by Gasteiger charge is 2.31. The average Bonchev–Trinajstić information content (AvgIpc) is 2.82. The lowest BCUT2D eigenvalue weighted by molar-refractivity contribution is -0.126. The van der Waals surface area contributed by atoms with Crippen LogP contribution in [0.4, 0.5) is 15.8 Å². The standard InChI is InChI=1S/C26H32FN3O4S/c1-18-12-14-21(15-13-18)28-24(31)16-35(34)17-25(32)30(23-11-7-6-10-22(23)27)19(2)26(33)29-20-8-4-3-5-9-20/h6-7,10-15,19-20H,3-5,8-9,16-17H2,1-2H3,(H,28,31)(H,29,33). The molecule has 1 aliphatic rings. The number of hydrogen-bond donors (Lipinski definition) is 2. The number of rotatable bonds is 9. The first kappa shape index (κ1) is 26.5. The van der Waals surface area contributed by atoms with E-state index < -0.39 is 51.9 Å². The quantitative estimate of drug-likeness (QED) is 0.548. The van der Waals surface area contributed by atoms with Crippen LogP contribution in [0.3, 0.4) is 0 Å². The van der Waals surface area contributed by atoms with Crippen molar-refractivity contribution in [1.29, 1.82) is 0 Å². The van der Waals surface area contributed by atoms with Crippen LogP contribution in [0.2, 0.25) is 0 Å². The van der Waals surface area contributed by atoms with E-state index in [0.717, 1.165) is 42.6 Å². The molecule has 0 aliphatic heterocycles. The zero-order valence-electron chi connectivity index (χ0n) is 20.1. The molecule has 2 N–H and O–H groups in total. The van der Waals surface area contributed by atoms with Crippen molar-refractivity contribution in [1.82, 2.24) is 5.32 Å². The molecule has 0 aromatic heterocycles. The zero-order valence-corrected chi connectivity index (χ0v) is 20.9. The van der Waals surface area contributed by atoms with Crippen LogP contribution in [0.5, 0.6) is 0 Å². The number of nitrogens with one attached hydrogen (secondary N) is 2. The Balaban J connectivity index is 1.68. The van der Waals surface area contributed by atoms with Gasteiger partial charge in [0.2, 0.25) is 17.7 Å². The summed E-state index contributed by atoms with van der Waals surface area (Å²) in [5.41, 5.74) is 1.53.